The fraction of sp³-hybridized carbons (Fsp3) is 0.769. The van der Waals surface area contributed by atoms with Crippen LogP contribution in [0.3, 0.4) is 0 Å². The van der Waals surface area contributed by atoms with Crippen molar-refractivity contribution in [2.45, 2.75) is 50.6 Å². The van der Waals surface area contributed by atoms with E-state index >= 15 is 0 Å². The van der Waals surface area contributed by atoms with E-state index in [0.717, 1.165) is 19.3 Å². The zero-order chi connectivity index (χ0) is 14.7. The van der Waals surface area contributed by atoms with E-state index in [2.05, 4.69) is 10.6 Å². The number of hydrogen-bond donors (Lipinski definition) is 4. The number of urea groups is 1. The highest BCUT2D eigenvalue weighted by molar-refractivity contribution is 5.83. The first-order valence-corrected chi connectivity index (χ1v) is 6.97. The van der Waals surface area contributed by atoms with Gasteiger partial charge < -0.3 is 20.8 Å². The number of amides is 2. The van der Waals surface area contributed by atoms with E-state index in [4.69, 9.17) is 10.2 Å². The smallest absolute Gasteiger partial charge is 0.326 e. The van der Waals surface area contributed by atoms with Gasteiger partial charge in [0.1, 0.15) is 6.04 Å². The first-order chi connectivity index (χ1) is 9.45. The van der Waals surface area contributed by atoms with Gasteiger partial charge in [0.15, 0.2) is 0 Å². The number of fused-ring (bicyclic) bond motifs is 2. The summed E-state index contributed by atoms with van der Waals surface area (Å²) in [7, 11) is 0. The van der Waals surface area contributed by atoms with Gasteiger partial charge >= 0.3 is 18.0 Å². The summed E-state index contributed by atoms with van der Waals surface area (Å²) in [4.78, 5) is 33.2. The molecule has 20 heavy (non-hydrogen) atoms. The summed E-state index contributed by atoms with van der Waals surface area (Å²) in [6.45, 7) is 0. The maximum absolute atomic E-state index is 11.8. The van der Waals surface area contributed by atoms with Crippen molar-refractivity contribution in [3.63, 3.8) is 0 Å². The molecule has 4 atom stereocenters. The van der Waals surface area contributed by atoms with E-state index in [9.17, 15) is 14.4 Å². The zero-order valence-corrected chi connectivity index (χ0v) is 11.2. The highest BCUT2D eigenvalue weighted by atomic mass is 16.4. The molecule has 112 valence electrons. The fourth-order valence-electron chi connectivity index (χ4n) is 3.31. The lowest BCUT2D eigenvalue weighted by Crippen LogP contribution is -2.50. The predicted octanol–water partition coefficient (Wildman–Crippen LogP) is 0.792. The maximum atomic E-state index is 11.8. The minimum absolute atomic E-state index is 0.116. The Kier molecular flexibility index (Phi) is 4.46. The van der Waals surface area contributed by atoms with Crippen LogP contribution in [0.15, 0.2) is 0 Å². The number of carboxylic acid groups (broad SMARTS) is 2. The van der Waals surface area contributed by atoms with E-state index in [-0.39, 0.29) is 18.9 Å². The highest BCUT2D eigenvalue weighted by Gasteiger charge is 2.40. The summed E-state index contributed by atoms with van der Waals surface area (Å²) in [6.07, 6.45) is 4.05. The average Bonchev–Trinajstić information content (AvgIpc) is 2.95. The number of rotatable bonds is 6. The standard InChI is InChI=1S/C13H20N2O5/c16-11(17)4-3-9(12(18)19)14-13(20)15-10-6-7-1-2-8(10)5-7/h7-10H,1-6H2,(H,16,17)(H,18,19)(H2,14,15,20). The lowest BCUT2D eigenvalue weighted by atomic mass is 9.95. The molecule has 2 amide bonds. The molecule has 2 saturated carbocycles. The molecule has 0 radical (unpaired) electrons. The molecule has 0 heterocycles. The lowest BCUT2D eigenvalue weighted by Gasteiger charge is -2.24. The van der Waals surface area contributed by atoms with Gasteiger partial charge in [-0.05, 0) is 37.5 Å². The van der Waals surface area contributed by atoms with Gasteiger partial charge in [-0.3, -0.25) is 4.79 Å². The van der Waals surface area contributed by atoms with Gasteiger partial charge in [-0.25, -0.2) is 9.59 Å². The van der Waals surface area contributed by atoms with Crippen molar-refractivity contribution in [2.24, 2.45) is 11.8 Å². The van der Waals surface area contributed by atoms with Crippen LogP contribution in [0.5, 0.6) is 0 Å². The summed E-state index contributed by atoms with van der Waals surface area (Å²) in [6, 6.07) is -1.55. The van der Waals surface area contributed by atoms with Crippen LogP contribution in [0.2, 0.25) is 0 Å². The van der Waals surface area contributed by atoms with Crippen LogP contribution in [-0.2, 0) is 9.59 Å². The van der Waals surface area contributed by atoms with Crippen LogP contribution in [0.4, 0.5) is 4.79 Å². The number of carboxylic acids is 2. The second-order valence-corrected chi connectivity index (χ2v) is 5.72. The van der Waals surface area contributed by atoms with Gasteiger partial charge in [0.25, 0.3) is 0 Å². The molecule has 7 nitrogen and oxygen atoms in total. The topological polar surface area (TPSA) is 116 Å². The monoisotopic (exact) mass is 284 g/mol. The van der Waals surface area contributed by atoms with Crippen LogP contribution in [-0.4, -0.2) is 40.3 Å². The molecule has 0 aliphatic heterocycles. The molecule has 0 spiro atoms. The Balaban J connectivity index is 1.79. The normalized spacial score (nSPS) is 28.9. The largest absolute Gasteiger partial charge is 0.481 e. The van der Waals surface area contributed by atoms with Crippen molar-refractivity contribution < 1.29 is 24.6 Å². The minimum atomic E-state index is -1.21. The van der Waals surface area contributed by atoms with Gasteiger partial charge in [0.2, 0.25) is 0 Å². The Bertz CT molecular complexity index is 412. The number of carbonyl (C=O) groups excluding carboxylic acids is 1. The number of nitrogens with one attached hydrogen (secondary N) is 2. The SMILES string of the molecule is O=C(O)CCC(NC(=O)NC1CC2CCC1C2)C(=O)O. The van der Waals surface area contributed by atoms with Crippen LogP contribution < -0.4 is 10.6 Å². The molecular weight excluding hydrogens is 264 g/mol. The van der Waals surface area contributed by atoms with Gasteiger partial charge in [-0.15, -0.1) is 0 Å². The summed E-state index contributed by atoms with van der Waals surface area (Å²) < 4.78 is 0. The molecule has 2 bridgehead atoms. The second-order valence-electron chi connectivity index (χ2n) is 5.72. The van der Waals surface area contributed by atoms with Crippen molar-refractivity contribution in [1.29, 1.82) is 0 Å². The maximum Gasteiger partial charge on any atom is 0.326 e. The van der Waals surface area contributed by atoms with Crippen LogP contribution in [0.1, 0.15) is 38.5 Å². The molecule has 0 aromatic rings. The number of hydrogen-bond acceptors (Lipinski definition) is 3. The Morgan fingerprint density at radius 3 is 2.40 bits per heavy atom. The minimum Gasteiger partial charge on any atom is -0.481 e. The van der Waals surface area contributed by atoms with E-state index in [0.29, 0.717) is 11.8 Å². The number of carbonyl (C=O) groups is 3. The molecule has 0 aromatic carbocycles. The van der Waals surface area contributed by atoms with Crippen molar-refractivity contribution in [3.05, 3.63) is 0 Å². The van der Waals surface area contributed by atoms with E-state index in [1.54, 1.807) is 0 Å². The number of aliphatic carboxylic acids is 2. The van der Waals surface area contributed by atoms with Crippen molar-refractivity contribution in [1.82, 2.24) is 10.6 Å². The molecule has 7 heteroatoms. The van der Waals surface area contributed by atoms with E-state index < -0.39 is 24.0 Å². The van der Waals surface area contributed by atoms with Gasteiger partial charge in [0.05, 0.1) is 0 Å². The Hall–Kier alpha value is -1.79. The molecule has 2 aliphatic carbocycles. The van der Waals surface area contributed by atoms with E-state index in [1.165, 1.54) is 6.42 Å². The van der Waals surface area contributed by atoms with Crippen molar-refractivity contribution in [2.75, 3.05) is 0 Å². The molecular formula is C13H20N2O5. The molecule has 4 N–H and O–H groups in total. The molecule has 2 rings (SSSR count). The summed E-state index contributed by atoms with van der Waals surface area (Å²) in [5, 5.41) is 22.7. The molecule has 2 fully saturated rings. The van der Waals surface area contributed by atoms with Gasteiger partial charge in [-0.1, -0.05) is 6.42 Å². The van der Waals surface area contributed by atoms with Crippen LogP contribution in [0, 0.1) is 11.8 Å². The Morgan fingerprint density at radius 1 is 1.15 bits per heavy atom. The first-order valence-electron chi connectivity index (χ1n) is 6.97. The second kappa shape index (κ2) is 6.11. The molecule has 0 saturated heterocycles. The van der Waals surface area contributed by atoms with Crippen molar-refractivity contribution >= 4 is 18.0 Å². The van der Waals surface area contributed by atoms with Crippen LogP contribution >= 0.6 is 0 Å². The molecule has 0 aromatic heterocycles. The third-order valence-corrected chi connectivity index (χ3v) is 4.30. The first kappa shape index (κ1) is 14.6. The predicted molar refractivity (Wildman–Crippen MR) is 69.2 cm³/mol. The Labute approximate surface area is 116 Å². The van der Waals surface area contributed by atoms with Crippen molar-refractivity contribution in [3.8, 4) is 0 Å². The lowest BCUT2D eigenvalue weighted by molar-refractivity contribution is -0.140. The highest BCUT2D eigenvalue weighted by Crippen LogP contribution is 2.44. The van der Waals surface area contributed by atoms with E-state index in [1.807, 2.05) is 0 Å². The summed E-state index contributed by atoms with van der Waals surface area (Å²) in [5.74, 6) is -1.10. The molecule has 4 unspecified atom stereocenters. The van der Waals surface area contributed by atoms with Gasteiger partial charge in [-0.2, -0.15) is 0 Å². The average molecular weight is 284 g/mol. The third-order valence-electron chi connectivity index (χ3n) is 4.30. The summed E-state index contributed by atoms with van der Waals surface area (Å²) >= 11 is 0. The fourth-order valence-corrected chi connectivity index (χ4v) is 3.31. The van der Waals surface area contributed by atoms with Crippen LogP contribution in [0.25, 0.3) is 0 Å². The third kappa shape index (κ3) is 3.61. The van der Waals surface area contributed by atoms with Gasteiger partial charge in [0, 0.05) is 12.5 Å². The zero-order valence-electron chi connectivity index (χ0n) is 11.2. The quantitative estimate of drug-likeness (QED) is 0.575. The Morgan fingerprint density at radius 2 is 1.90 bits per heavy atom. The molecule has 2 aliphatic rings. The summed E-state index contributed by atoms with van der Waals surface area (Å²) in [5.41, 5.74) is 0.